The minimum Gasteiger partial charge on any atom is -0.481 e. The third-order valence-corrected chi connectivity index (χ3v) is 3.56. The highest BCUT2D eigenvalue weighted by Gasteiger charge is 2.30. The Kier molecular flexibility index (Phi) is 6.12. The second-order valence-corrected chi connectivity index (χ2v) is 4.99. The number of carboxylic acids is 1. The van der Waals surface area contributed by atoms with Gasteiger partial charge in [-0.2, -0.15) is 0 Å². The molecule has 0 radical (unpaired) electrons. The Morgan fingerprint density at radius 2 is 2.22 bits per heavy atom. The maximum Gasteiger partial charge on any atom is 0.307 e. The van der Waals surface area contributed by atoms with Crippen molar-refractivity contribution in [3.05, 3.63) is 0 Å². The third-order valence-electron chi connectivity index (χ3n) is 3.56. The number of aliphatic carboxylic acids is 1. The molecule has 1 fully saturated rings. The van der Waals surface area contributed by atoms with Crippen molar-refractivity contribution in [2.45, 2.75) is 45.6 Å². The van der Waals surface area contributed by atoms with Crippen LogP contribution in [0.15, 0.2) is 0 Å². The number of nitrogens with one attached hydrogen (secondary N) is 1. The average Bonchev–Trinajstić information content (AvgIpc) is 2.38. The van der Waals surface area contributed by atoms with E-state index in [1.54, 1.807) is 0 Å². The smallest absolute Gasteiger partial charge is 0.307 e. The summed E-state index contributed by atoms with van der Waals surface area (Å²) in [5.74, 6) is -1.07. The number of amides is 1. The zero-order chi connectivity index (χ0) is 13.5. The van der Waals surface area contributed by atoms with Gasteiger partial charge in [0.05, 0.1) is 12.0 Å². The molecule has 1 rings (SSSR count). The van der Waals surface area contributed by atoms with Crippen molar-refractivity contribution < 1.29 is 14.7 Å². The van der Waals surface area contributed by atoms with Crippen LogP contribution in [0, 0.1) is 5.92 Å². The Labute approximate surface area is 109 Å². The van der Waals surface area contributed by atoms with E-state index in [2.05, 4.69) is 12.2 Å². The number of carboxylic acid groups (broad SMARTS) is 1. The first-order chi connectivity index (χ1) is 8.56. The van der Waals surface area contributed by atoms with Crippen LogP contribution < -0.4 is 5.32 Å². The van der Waals surface area contributed by atoms with Crippen molar-refractivity contribution in [3.63, 3.8) is 0 Å². The highest BCUT2D eigenvalue weighted by atomic mass is 16.4. The highest BCUT2D eigenvalue weighted by Crippen LogP contribution is 2.18. The molecule has 5 heteroatoms. The van der Waals surface area contributed by atoms with Gasteiger partial charge in [0.25, 0.3) is 0 Å². The van der Waals surface area contributed by atoms with Crippen LogP contribution in [-0.4, -0.2) is 47.6 Å². The molecular weight excluding hydrogens is 232 g/mol. The number of nitrogens with zero attached hydrogens (tertiary/aromatic N) is 1. The fourth-order valence-electron chi connectivity index (χ4n) is 2.26. The molecular formula is C13H24N2O3. The molecule has 0 spiro atoms. The van der Waals surface area contributed by atoms with Gasteiger partial charge in [0.2, 0.25) is 5.91 Å². The van der Waals surface area contributed by atoms with Gasteiger partial charge in [-0.1, -0.05) is 13.3 Å². The Morgan fingerprint density at radius 1 is 1.50 bits per heavy atom. The summed E-state index contributed by atoms with van der Waals surface area (Å²) >= 11 is 0. The quantitative estimate of drug-likeness (QED) is 0.698. The summed E-state index contributed by atoms with van der Waals surface area (Å²) in [7, 11) is 0. The summed E-state index contributed by atoms with van der Waals surface area (Å²) in [6.45, 7) is 5.93. The number of piperidine rings is 1. The maximum absolute atomic E-state index is 11.9. The van der Waals surface area contributed by atoms with Crippen LogP contribution in [0.25, 0.3) is 0 Å². The molecule has 1 aliphatic rings. The van der Waals surface area contributed by atoms with E-state index in [4.69, 9.17) is 5.11 Å². The lowest BCUT2D eigenvalue weighted by Gasteiger charge is -2.34. The third kappa shape index (κ3) is 4.29. The van der Waals surface area contributed by atoms with Gasteiger partial charge in [-0.25, -0.2) is 0 Å². The zero-order valence-electron chi connectivity index (χ0n) is 11.3. The zero-order valence-corrected chi connectivity index (χ0v) is 11.3. The van der Waals surface area contributed by atoms with E-state index in [-0.39, 0.29) is 17.9 Å². The molecule has 2 N–H and O–H groups in total. The van der Waals surface area contributed by atoms with Crippen LogP contribution in [0.3, 0.4) is 0 Å². The Bertz CT molecular complexity index is 294. The van der Waals surface area contributed by atoms with E-state index in [1.165, 1.54) is 0 Å². The highest BCUT2D eigenvalue weighted by molar-refractivity contribution is 5.81. The SMILES string of the molecule is CCCCNC(=O)[C@@H](C)N1CCC[C@H](C(=O)O)C1. The topological polar surface area (TPSA) is 69.6 Å². The van der Waals surface area contributed by atoms with Gasteiger partial charge in [0.15, 0.2) is 0 Å². The van der Waals surface area contributed by atoms with Gasteiger partial charge >= 0.3 is 5.97 Å². The molecule has 0 aromatic rings. The van der Waals surface area contributed by atoms with E-state index >= 15 is 0 Å². The van der Waals surface area contributed by atoms with Crippen LogP contribution in [0.1, 0.15) is 39.5 Å². The summed E-state index contributed by atoms with van der Waals surface area (Å²) in [4.78, 5) is 24.8. The number of carbonyl (C=O) groups is 2. The number of unbranched alkanes of at least 4 members (excludes halogenated alkanes) is 1. The van der Waals surface area contributed by atoms with Crippen molar-refractivity contribution >= 4 is 11.9 Å². The first kappa shape index (κ1) is 15.0. The number of carbonyl (C=O) groups excluding carboxylic acids is 1. The molecule has 1 saturated heterocycles. The molecule has 2 atom stereocenters. The van der Waals surface area contributed by atoms with Crippen molar-refractivity contribution in [1.82, 2.24) is 10.2 Å². The second-order valence-electron chi connectivity index (χ2n) is 4.99. The number of hydrogen-bond acceptors (Lipinski definition) is 3. The van der Waals surface area contributed by atoms with Gasteiger partial charge in [0, 0.05) is 13.1 Å². The van der Waals surface area contributed by atoms with Crippen LogP contribution in [0.2, 0.25) is 0 Å². The lowest BCUT2D eigenvalue weighted by Crippen LogP contribution is -2.50. The molecule has 0 saturated carbocycles. The van der Waals surface area contributed by atoms with E-state index < -0.39 is 5.97 Å². The van der Waals surface area contributed by atoms with Crippen molar-refractivity contribution in [3.8, 4) is 0 Å². The first-order valence-electron chi connectivity index (χ1n) is 6.80. The summed E-state index contributed by atoms with van der Waals surface area (Å²) in [5, 5.41) is 11.9. The standard InChI is InChI=1S/C13H24N2O3/c1-3-4-7-14-12(16)10(2)15-8-5-6-11(9-15)13(17)18/h10-11H,3-9H2,1-2H3,(H,14,16)(H,17,18)/t10-,11+/m1/s1. The van der Waals surface area contributed by atoms with Crippen molar-refractivity contribution in [2.24, 2.45) is 5.92 Å². The van der Waals surface area contributed by atoms with Gasteiger partial charge in [-0.05, 0) is 32.7 Å². The normalized spacial score (nSPS) is 22.4. The molecule has 0 unspecified atom stereocenters. The van der Waals surface area contributed by atoms with E-state index in [0.29, 0.717) is 13.1 Å². The monoisotopic (exact) mass is 256 g/mol. The van der Waals surface area contributed by atoms with Gasteiger partial charge in [-0.15, -0.1) is 0 Å². The lowest BCUT2D eigenvalue weighted by molar-refractivity contribution is -0.145. The van der Waals surface area contributed by atoms with E-state index in [9.17, 15) is 9.59 Å². The minimum absolute atomic E-state index is 0.00879. The van der Waals surface area contributed by atoms with E-state index in [0.717, 1.165) is 32.2 Å². The van der Waals surface area contributed by atoms with Crippen LogP contribution in [0.4, 0.5) is 0 Å². The Balaban J connectivity index is 2.42. The molecule has 1 heterocycles. The van der Waals surface area contributed by atoms with Crippen LogP contribution in [0.5, 0.6) is 0 Å². The average molecular weight is 256 g/mol. The predicted octanol–water partition coefficient (Wildman–Crippen LogP) is 1.09. The first-order valence-corrected chi connectivity index (χ1v) is 6.80. The van der Waals surface area contributed by atoms with E-state index in [1.807, 2.05) is 11.8 Å². The molecule has 18 heavy (non-hydrogen) atoms. The maximum atomic E-state index is 11.9. The fraction of sp³-hybridized carbons (Fsp3) is 0.846. The van der Waals surface area contributed by atoms with Crippen molar-refractivity contribution in [1.29, 1.82) is 0 Å². The van der Waals surface area contributed by atoms with Crippen LogP contribution in [-0.2, 0) is 9.59 Å². The summed E-state index contributed by atoms with van der Waals surface area (Å²) in [6, 6.07) is -0.232. The van der Waals surface area contributed by atoms with Gasteiger partial charge in [-0.3, -0.25) is 14.5 Å². The largest absolute Gasteiger partial charge is 0.481 e. The Hall–Kier alpha value is -1.10. The van der Waals surface area contributed by atoms with Crippen molar-refractivity contribution in [2.75, 3.05) is 19.6 Å². The molecule has 1 aliphatic heterocycles. The number of rotatable bonds is 6. The molecule has 0 aromatic carbocycles. The number of likely N-dealkylation sites (tertiary alicyclic amines) is 1. The van der Waals surface area contributed by atoms with Crippen LogP contribution >= 0.6 is 0 Å². The molecule has 0 bridgehead atoms. The predicted molar refractivity (Wildman–Crippen MR) is 69.3 cm³/mol. The number of hydrogen-bond donors (Lipinski definition) is 2. The summed E-state index contributed by atoms with van der Waals surface area (Å²) in [6.07, 6.45) is 3.61. The minimum atomic E-state index is -0.752. The molecule has 5 nitrogen and oxygen atoms in total. The van der Waals surface area contributed by atoms with Gasteiger partial charge < -0.3 is 10.4 Å². The summed E-state index contributed by atoms with van der Waals surface area (Å²) in [5.41, 5.74) is 0. The second kappa shape index (κ2) is 7.36. The molecule has 104 valence electrons. The van der Waals surface area contributed by atoms with Gasteiger partial charge in [0.1, 0.15) is 0 Å². The summed E-state index contributed by atoms with van der Waals surface area (Å²) < 4.78 is 0. The molecule has 0 aromatic heterocycles. The molecule has 0 aliphatic carbocycles. The molecule has 1 amide bonds. The lowest BCUT2D eigenvalue weighted by atomic mass is 9.97. The fourth-order valence-corrected chi connectivity index (χ4v) is 2.26. The Morgan fingerprint density at radius 3 is 2.83 bits per heavy atom.